The third kappa shape index (κ3) is 6.65. The number of nitrogens with two attached hydrogens (primary N) is 2. The number of hydrogen-bond acceptors (Lipinski definition) is 3. The van der Waals surface area contributed by atoms with Crippen LogP contribution >= 0.6 is 0 Å². The van der Waals surface area contributed by atoms with Crippen LogP contribution in [0.25, 0.3) is 0 Å². The molecule has 6 heteroatoms. The Kier molecular flexibility index (Phi) is 8.23. The molecule has 1 unspecified atom stereocenters. The molecule has 0 aliphatic carbocycles. The van der Waals surface area contributed by atoms with E-state index in [1.165, 1.54) is 0 Å². The SMILES string of the molecule is NC(=O)CC(N)C(=O)O.[KH]. The summed E-state index contributed by atoms with van der Waals surface area (Å²) in [5, 5.41) is 8.10. The molecule has 0 saturated heterocycles. The van der Waals surface area contributed by atoms with Crippen LogP contribution in [-0.2, 0) is 9.59 Å². The van der Waals surface area contributed by atoms with Crippen molar-refractivity contribution < 1.29 is 14.7 Å². The third-order valence-electron chi connectivity index (χ3n) is 0.738. The van der Waals surface area contributed by atoms with Gasteiger partial charge in [0.1, 0.15) is 6.04 Å². The molecule has 0 aromatic heterocycles. The molecule has 0 aliphatic rings. The van der Waals surface area contributed by atoms with Crippen LogP contribution in [0.3, 0.4) is 0 Å². The van der Waals surface area contributed by atoms with Crippen LogP contribution in [0, 0.1) is 0 Å². The summed E-state index contributed by atoms with van der Waals surface area (Å²) in [6, 6.07) is -1.16. The van der Waals surface area contributed by atoms with E-state index in [0.717, 1.165) is 0 Å². The summed E-state index contributed by atoms with van der Waals surface area (Å²) in [5.41, 5.74) is 9.57. The second-order valence-corrected chi connectivity index (χ2v) is 1.62. The van der Waals surface area contributed by atoms with Gasteiger partial charge in [0.05, 0.1) is 6.42 Å². The van der Waals surface area contributed by atoms with Crippen LogP contribution in [0.5, 0.6) is 0 Å². The number of carbonyl (C=O) groups is 2. The molecule has 0 aromatic carbocycles. The maximum absolute atomic E-state index is 9.99. The van der Waals surface area contributed by atoms with E-state index in [1.54, 1.807) is 0 Å². The summed E-state index contributed by atoms with van der Waals surface area (Å²) < 4.78 is 0. The van der Waals surface area contributed by atoms with Crippen molar-refractivity contribution in [3.05, 3.63) is 0 Å². The molecule has 0 spiro atoms. The van der Waals surface area contributed by atoms with Crippen molar-refractivity contribution in [3.63, 3.8) is 0 Å². The number of primary amides is 1. The van der Waals surface area contributed by atoms with Gasteiger partial charge in [-0.05, 0) is 0 Å². The Hall–Kier alpha value is 0.536. The van der Waals surface area contributed by atoms with Gasteiger partial charge in [-0.15, -0.1) is 0 Å². The van der Waals surface area contributed by atoms with Gasteiger partial charge >= 0.3 is 57.4 Å². The van der Waals surface area contributed by atoms with Crippen LogP contribution in [0.1, 0.15) is 6.42 Å². The zero-order chi connectivity index (χ0) is 7.44. The average molecular weight is 172 g/mol. The molecule has 54 valence electrons. The Morgan fingerprint density at radius 2 is 1.90 bits per heavy atom. The van der Waals surface area contributed by atoms with Gasteiger partial charge in [0, 0.05) is 0 Å². The first kappa shape index (κ1) is 13.1. The van der Waals surface area contributed by atoms with Gasteiger partial charge < -0.3 is 16.6 Å². The van der Waals surface area contributed by atoms with Gasteiger partial charge in [-0.2, -0.15) is 0 Å². The Bertz CT molecular complexity index is 138. The van der Waals surface area contributed by atoms with E-state index < -0.39 is 17.9 Å². The topological polar surface area (TPSA) is 106 Å². The molecule has 5 N–H and O–H groups in total. The molecule has 5 nitrogen and oxygen atoms in total. The minimum atomic E-state index is -1.21. The summed E-state index contributed by atoms with van der Waals surface area (Å²) in [6.45, 7) is 0. The molecular formula is C4H9KN2O3. The van der Waals surface area contributed by atoms with Gasteiger partial charge in [-0.1, -0.05) is 0 Å². The third-order valence-corrected chi connectivity index (χ3v) is 0.738. The van der Waals surface area contributed by atoms with E-state index in [4.69, 9.17) is 10.8 Å². The van der Waals surface area contributed by atoms with Crippen molar-refractivity contribution in [1.82, 2.24) is 0 Å². The first-order valence-corrected chi connectivity index (χ1v) is 2.30. The van der Waals surface area contributed by atoms with Crippen molar-refractivity contribution in [2.45, 2.75) is 12.5 Å². The maximum atomic E-state index is 9.99. The fourth-order valence-electron chi connectivity index (χ4n) is 0.304. The molecule has 0 saturated carbocycles. The number of hydrogen-bond donors (Lipinski definition) is 3. The van der Waals surface area contributed by atoms with Gasteiger partial charge in [-0.3, -0.25) is 9.59 Å². The number of rotatable bonds is 3. The molecular weight excluding hydrogens is 163 g/mol. The van der Waals surface area contributed by atoms with Crippen LogP contribution in [0.2, 0.25) is 0 Å². The molecule has 1 amide bonds. The number of carbonyl (C=O) groups excluding carboxylic acids is 1. The normalized spacial score (nSPS) is 11.3. The molecule has 0 aliphatic heterocycles. The number of amides is 1. The van der Waals surface area contributed by atoms with E-state index in [-0.39, 0.29) is 57.8 Å². The second-order valence-electron chi connectivity index (χ2n) is 1.62. The first-order valence-electron chi connectivity index (χ1n) is 2.30. The van der Waals surface area contributed by atoms with Crippen molar-refractivity contribution >= 4 is 63.3 Å². The van der Waals surface area contributed by atoms with Gasteiger partial charge in [0.2, 0.25) is 5.91 Å². The zero-order valence-corrected chi connectivity index (χ0v) is 4.70. The molecule has 0 bridgehead atoms. The number of carboxylic acids is 1. The van der Waals surface area contributed by atoms with Crippen LogP contribution in [0.4, 0.5) is 0 Å². The summed E-state index contributed by atoms with van der Waals surface area (Å²) in [6.07, 6.45) is -0.310. The Balaban J connectivity index is 0. The summed E-state index contributed by atoms with van der Waals surface area (Å²) in [7, 11) is 0. The average Bonchev–Trinajstić information content (AvgIpc) is 1.63. The standard InChI is InChI=1S/C4H8N2O3.K.H/c5-2(4(8)9)1-3(6)7;;/h2H,1,5H2,(H2,6,7)(H,8,9);;. The summed E-state index contributed by atoms with van der Waals surface area (Å²) >= 11 is 0. The van der Waals surface area contributed by atoms with Gasteiger partial charge in [0.15, 0.2) is 0 Å². The molecule has 10 heavy (non-hydrogen) atoms. The predicted octanol–water partition coefficient (Wildman–Crippen LogP) is -2.37. The summed E-state index contributed by atoms with van der Waals surface area (Å²) in [4.78, 5) is 19.9. The summed E-state index contributed by atoms with van der Waals surface area (Å²) in [5.74, 6) is -1.92. The monoisotopic (exact) mass is 172 g/mol. The number of carboxylic acid groups (broad SMARTS) is 1. The van der Waals surface area contributed by atoms with Crippen molar-refractivity contribution in [1.29, 1.82) is 0 Å². The Labute approximate surface area is 101 Å². The molecule has 0 aromatic rings. The molecule has 0 rings (SSSR count). The van der Waals surface area contributed by atoms with E-state index in [1.807, 2.05) is 0 Å². The Morgan fingerprint density at radius 3 is 2.00 bits per heavy atom. The zero-order valence-electron chi connectivity index (χ0n) is 4.70. The fraction of sp³-hybridized carbons (Fsp3) is 0.500. The van der Waals surface area contributed by atoms with Crippen LogP contribution in [-0.4, -0.2) is 74.4 Å². The van der Waals surface area contributed by atoms with E-state index in [2.05, 4.69) is 5.73 Å². The van der Waals surface area contributed by atoms with Crippen LogP contribution in [0.15, 0.2) is 0 Å². The van der Waals surface area contributed by atoms with Crippen molar-refractivity contribution in [3.8, 4) is 0 Å². The minimum absolute atomic E-state index is 0. The van der Waals surface area contributed by atoms with E-state index in [0.29, 0.717) is 0 Å². The Morgan fingerprint density at radius 1 is 1.50 bits per heavy atom. The molecule has 0 radical (unpaired) electrons. The van der Waals surface area contributed by atoms with E-state index >= 15 is 0 Å². The molecule has 0 heterocycles. The van der Waals surface area contributed by atoms with Crippen LogP contribution < -0.4 is 11.5 Å². The first-order chi connectivity index (χ1) is 4.04. The number of aliphatic carboxylic acids is 1. The molecule has 1 atom stereocenters. The quantitative estimate of drug-likeness (QED) is 0.413. The predicted molar refractivity (Wildman–Crippen MR) is 36.6 cm³/mol. The molecule has 0 fully saturated rings. The van der Waals surface area contributed by atoms with E-state index in [9.17, 15) is 9.59 Å². The van der Waals surface area contributed by atoms with Crippen molar-refractivity contribution in [2.24, 2.45) is 11.5 Å². The van der Waals surface area contributed by atoms with Gasteiger partial charge in [-0.25, -0.2) is 0 Å². The second kappa shape index (κ2) is 6.26. The van der Waals surface area contributed by atoms with Crippen molar-refractivity contribution in [2.75, 3.05) is 0 Å². The van der Waals surface area contributed by atoms with Gasteiger partial charge in [0.25, 0.3) is 0 Å². The fourth-order valence-corrected chi connectivity index (χ4v) is 0.304.